The lowest BCUT2D eigenvalue weighted by molar-refractivity contribution is 0.0842. The Hall–Kier alpha value is -2.69. The zero-order valence-corrected chi connectivity index (χ0v) is 14.3. The van der Waals surface area contributed by atoms with Gasteiger partial charge in [-0.05, 0) is 36.5 Å². The molecule has 0 aromatic heterocycles. The number of hydrogen-bond acceptors (Lipinski definition) is 5. The number of carbonyl (C=O) groups excluding carboxylic acids is 1. The maximum Gasteiger partial charge on any atom is 0.174 e. The monoisotopic (exact) mass is 342 g/mol. The van der Waals surface area contributed by atoms with Crippen LogP contribution in [0.4, 0.5) is 0 Å². The van der Waals surface area contributed by atoms with Crippen molar-refractivity contribution in [2.45, 2.75) is 39.2 Å². The summed E-state index contributed by atoms with van der Waals surface area (Å²) >= 11 is 0. The second-order valence-corrected chi connectivity index (χ2v) is 6.86. The highest BCUT2D eigenvalue weighted by Gasteiger charge is 2.33. The van der Waals surface area contributed by atoms with Crippen LogP contribution in [0.1, 0.15) is 54.3 Å². The second-order valence-electron chi connectivity index (χ2n) is 6.86. The highest BCUT2D eigenvalue weighted by Crippen LogP contribution is 2.45. The minimum Gasteiger partial charge on any atom is -0.508 e. The van der Waals surface area contributed by atoms with Gasteiger partial charge in [0.1, 0.15) is 34.7 Å². The number of ketones is 1. The molecule has 1 aliphatic rings. The van der Waals surface area contributed by atoms with E-state index < -0.39 is 6.10 Å². The molecule has 0 aliphatic carbocycles. The van der Waals surface area contributed by atoms with Gasteiger partial charge in [0, 0.05) is 11.6 Å². The number of Topliss-reactive ketones (excluding diaryl/α,β-unsaturated/α-hetero) is 1. The van der Waals surface area contributed by atoms with Crippen molar-refractivity contribution in [2.24, 2.45) is 5.92 Å². The maximum absolute atomic E-state index is 12.6. The van der Waals surface area contributed by atoms with E-state index in [1.54, 1.807) is 12.1 Å². The Balaban J connectivity index is 2.02. The highest BCUT2D eigenvalue weighted by molar-refractivity contribution is 6.03. The third-order valence-electron chi connectivity index (χ3n) is 4.49. The van der Waals surface area contributed by atoms with Gasteiger partial charge in [0.15, 0.2) is 5.78 Å². The van der Waals surface area contributed by atoms with Gasteiger partial charge < -0.3 is 20.1 Å². The van der Waals surface area contributed by atoms with Crippen LogP contribution < -0.4 is 4.74 Å². The molecular formula is C20H22O5. The molecule has 0 unspecified atom stereocenters. The molecule has 25 heavy (non-hydrogen) atoms. The van der Waals surface area contributed by atoms with E-state index in [1.807, 2.05) is 0 Å². The van der Waals surface area contributed by atoms with Crippen molar-refractivity contribution in [3.05, 3.63) is 47.0 Å². The number of fused-ring (bicyclic) bond motifs is 1. The van der Waals surface area contributed by atoms with Gasteiger partial charge in [-0.3, -0.25) is 4.79 Å². The first kappa shape index (κ1) is 17.1. The van der Waals surface area contributed by atoms with Crippen LogP contribution in [-0.4, -0.2) is 21.1 Å². The normalized spacial score (nSPS) is 16.6. The molecule has 5 nitrogen and oxygen atoms in total. The minimum absolute atomic E-state index is 0.0592. The summed E-state index contributed by atoms with van der Waals surface area (Å²) in [5.41, 5.74) is 1.46. The van der Waals surface area contributed by atoms with Crippen LogP contribution in [0, 0.1) is 5.92 Å². The number of aromatic hydroxyl groups is 3. The Morgan fingerprint density at radius 3 is 2.44 bits per heavy atom. The lowest BCUT2D eigenvalue weighted by atomic mass is 9.91. The van der Waals surface area contributed by atoms with Crippen LogP contribution in [-0.2, 0) is 6.42 Å². The molecule has 0 amide bonds. The van der Waals surface area contributed by atoms with Crippen LogP contribution >= 0.6 is 0 Å². The average Bonchev–Trinajstić information content (AvgIpc) is 2.54. The quantitative estimate of drug-likeness (QED) is 0.779. The molecule has 1 atom stereocenters. The zero-order chi connectivity index (χ0) is 18.1. The molecule has 0 fully saturated rings. The molecular weight excluding hydrogens is 320 g/mol. The van der Waals surface area contributed by atoms with Crippen molar-refractivity contribution in [3.8, 4) is 23.0 Å². The Bertz CT molecular complexity index is 793. The molecule has 0 saturated carbocycles. The molecule has 132 valence electrons. The Morgan fingerprint density at radius 1 is 1.12 bits per heavy atom. The molecule has 0 saturated heterocycles. The van der Waals surface area contributed by atoms with E-state index in [0.29, 0.717) is 17.9 Å². The smallest absolute Gasteiger partial charge is 0.174 e. The molecule has 5 heteroatoms. The van der Waals surface area contributed by atoms with Gasteiger partial charge in [-0.1, -0.05) is 26.0 Å². The maximum atomic E-state index is 12.6. The molecule has 1 heterocycles. The first-order valence-corrected chi connectivity index (χ1v) is 8.43. The molecule has 3 N–H and O–H groups in total. The Labute approximate surface area is 146 Å². The lowest BCUT2D eigenvalue weighted by Gasteiger charge is -2.28. The first-order valence-electron chi connectivity index (χ1n) is 8.43. The predicted octanol–water partition coefficient (Wildman–Crippen LogP) is 4.10. The molecule has 2 aromatic carbocycles. The Morgan fingerprint density at radius 2 is 1.80 bits per heavy atom. The molecule has 0 bridgehead atoms. The predicted molar refractivity (Wildman–Crippen MR) is 93.4 cm³/mol. The van der Waals surface area contributed by atoms with Crippen molar-refractivity contribution in [1.29, 1.82) is 0 Å². The van der Waals surface area contributed by atoms with Gasteiger partial charge in [-0.15, -0.1) is 0 Å². The van der Waals surface area contributed by atoms with Gasteiger partial charge in [0.05, 0.1) is 6.42 Å². The summed E-state index contributed by atoms with van der Waals surface area (Å²) in [7, 11) is 0. The number of ether oxygens (including phenoxy) is 1. The topological polar surface area (TPSA) is 87.0 Å². The second kappa shape index (κ2) is 6.67. The van der Waals surface area contributed by atoms with Gasteiger partial charge in [-0.2, -0.15) is 0 Å². The van der Waals surface area contributed by atoms with E-state index in [0.717, 1.165) is 12.0 Å². The van der Waals surface area contributed by atoms with E-state index in [9.17, 15) is 20.1 Å². The van der Waals surface area contributed by atoms with Crippen LogP contribution in [0.15, 0.2) is 30.3 Å². The highest BCUT2D eigenvalue weighted by atomic mass is 16.5. The number of phenols is 3. The first-order chi connectivity index (χ1) is 11.9. The van der Waals surface area contributed by atoms with Crippen molar-refractivity contribution in [2.75, 3.05) is 0 Å². The summed E-state index contributed by atoms with van der Waals surface area (Å²) < 4.78 is 6.03. The van der Waals surface area contributed by atoms with Crippen molar-refractivity contribution < 1.29 is 24.9 Å². The van der Waals surface area contributed by atoms with Gasteiger partial charge in [0.25, 0.3) is 0 Å². The molecule has 3 rings (SSSR count). The number of rotatable bonds is 4. The summed E-state index contributed by atoms with van der Waals surface area (Å²) in [5, 5.41) is 29.8. The minimum atomic E-state index is -0.514. The van der Waals surface area contributed by atoms with Crippen molar-refractivity contribution >= 4 is 5.78 Å². The fourth-order valence-corrected chi connectivity index (χ4v) is 3.08. The SMILES string of the molecule is CC(C)CCc1c(O)cc(O)c2c1O[C@H](c1ccc(O)cc1)CC2=O. The van der Waals surface area contributed by atoms with E-state index in [2.05, 4.69) is 13.8 Å². The van der Waals surface area contributed by atoms with Gasteiger partial charge in [0.2, 0.25) is 0 Å². The fourth-order valence-electron chi connectivity index (χ4n) is 3.08. The summed E-state index contributed by atoms with van der Waals surface area (Å²) in [6, 6.07) is 7.71. The fraction of sp³-hybridized carbons (Fsp3) is 0.350. The van der Waals surface area contributed by atoms with Crippen LogP contribution in [0.25, 0.3) is 0 Å². The summed E-state index contributed by atoms with van der Waals surface area (Å²) in [4.78, 5) is 12.6. The average molecular weight is 342 g/mol. The van der Waals surface area contributed by atoms with E-state index in [-0.39, 0.29) is 40.8 Å². The summed E-state index contributed by atoms with van der Waals surface area (Å²) in [6.07, 6.45) is 0.966. The standard InChI is InChI=1S/C20H22O5/c1-11(2)3-8-14-15(22)9-16(23)19-17(24)10-18(25-20(14)19)12-4-6-13(21)7-5-12/h4-7,9,11,18,21-23H,3,8,10H2,1-2H3/t18-/m0/s1. The number of phenolic OH excluding ortho intramolecular Hbond substituents is 3. The molecule has 2 aromatic rings. The summed E-state index contributed by atoms with van der Waals surface area (Å²) in [6.45, 7) is 4.16. The third-order valence-corrected chi connectivity index (χ3v) is 4.49. The number of benzene rings is 2. The van der Waals surface area contributed by atoms with Crippen molar-refractivity contribution in [1.82, 2.24) is 0 Å². The van der Waals surface area contributed by atoms with Crippen LogP contribution in [0.2, 0.25) is 0 Å². The van der Waals surface area contributed by atoms with Gasteiger partial charge in [-0.25, -0.2) is 0 Å². The van der Waals surface area contributed by atoms with E-state index in [4.69, 9.17) is 4.74 Å². The van der Waals surface area contributed by atoms with Crippen LogP contribution in [0.5, 0.6) is 23.0 Å². The number of carbonyl (C=O) groups is 1. The summed E-state index contributed by atoms with van der Waals surface area (Å²) in [5.74, 6) is 0.302. The third kappa shape index (κ3) is 3.40. The van der Waals surface area contributed by atoms with E-state index >= 15 is 0 Å². The zero-order valence-electron chi connectivity index (χ0n) is 14.3. The van der Waals surface area contributed by atoms with E-state index in [1.165, 1.54) is 18.2 Å². The number of hydrogen-bond donors (Lipinski definition) is 3. The van der Waals surface area contributed by atoms with Crippen molar-refractivity contribution in [3.63, 3.8) is 0 Å². The molecule has 1 aliphatic heterocycles. The Kier molecular flexibility index (Phi) is 4.57. The molecule has 0 radical (unpaired) electrons. The largest absolute Gasteiger partial charge is 0.508 e. The van der Waals surface area contributed by atoms with Gasteiger partial charge >= 0.3 is 0 Å². The lowest BCUT2D eigenvalue weighted by Crippen LogP contribution is -2.21. The molecule has 0 spiro atoms. The van der Waals surface area contributed by atoms with Crippen LogP contribution in [0.3, 0.4) is 0 Å².